The van der Waals surface area contributed by atoms with Gasteiger partial charge in [0.15, 0.2) is 5.78 Å². The molecule has 1 fully saturated rings. The molecule has 33 heavy (non-hydrogen) atoms. The number of hydrogen-bond acceptors (Lipinski definition) is 5. The summed E-state index contributed by atoms with van der Waals surface area (Å²) in [6.45, 7) is 8.26. The molecule has 1 aliphatic heterocycles. The van der Waals surface area contributed by atoms with Gasteiger partial charge in [0, 0.05) is 37.3 Å². The third-order valence-corrected chi connectivity index (χ3v) is 7.42. The van der Waals surface area contributed by atoms with Gasteiger partial charge in [0.2, 0.25) is 5.91 Å². The topological polar surface area (TPSA) is 62.6 Å². The fourth-order valence-corrected chi connectivity index (χ4v) is 5.26. The van der Waals surface area contributed by atoms with Crippen molar-refractivity contribution in [2.24, 2.45) is 0 Å². The molecular formula is C25H28ClN3O3S. The number of piperazine rings is 1. The van der Waals surface area contributed by atoms with Gasteiger partial charge < -0.3 is 4.90 Å². The number of carbonyl (C=O) groups excluding carboxylic acids is 2. The van der Waals surface area contributed by atoms with Crippen molar-refractivity contribution < 1.29 is 9.59 Å². The van der Waals surface area contributed by atoms with E-state index in [4.69, 9.17) is 11.6 Å². The molecule has 0 aliphatic carbocycles. The fraction of sp³-hybridized carbons (Fsp3) is 0.400. The first-order valence-electron chi connectivity index (χ1n) is 11.3. The molecule has 2 heterocycles. The van der Waals surface area contributed by atoms with Crippen molar-refractivity contribution in [3.8, 4) is 0 Å². The smallest absolute Gasteiger partial charge is 0.308 e. The van der Waals surface area contributed by atoms with Gasteiger partial charge in [0.25, 0.3) is 0 Å². The number of aromatic nitrogens is 1. The normalized spacial score (nSPS) is 14.7. The largest absolute Gasteiger partial charge is 0.339 e. The molecule has 1 amide bonds. The lowest BCUT2D eigenvalue weighted by atomic mass is 10.0. The highest BCUT2D eigenvalue weighted by Crippen LogP contribution is 2.28. The van der Waals surface area contributed by atoms with Crippen LogP contribution in [0.5, 0.6) is 0 Å². The molecule has 0 atom stereocenters. The fourth-order valence-electron chi connectivity index (χ4n) is 4.11. The molecule has 1 aliphatic rings. The second-order valence-electron chi connectivity index (χ2n) is 8.53. The summed E-state index contributed by atoms with van der Waals surface area (Å²) in [7, 11) is 0. The summed E-state index contributed by atoms with van der Waals surface area (Å²) < 4.78 is 2.12. The van der Waals surface area contributed by atoms with Crippen molar-refractivity contribution in [1.29, 1.82) is 0 Å². The van der Waals surface area contributed by atoms with Gasteiger partial charge in [-0.2, -0.15) is 0 Å². The van der Waals surface area contributed by atoms with Crippen LogP contribution < -0.4 is 4.87 Å². The predicted molar refractivity (Wildman–Crippen MR) is 134 cm³/mol. The standard InChI is InChI=1S/C25H28ClN3O3S/c1-3-4-9-27-10-12-28(13-11-27)23(30)16-29-21-15-20(26)19(14-22(21)33-25(29)32)24(31)18-7-5-17(2)6-8-18/h5-8,14-15H,3-4,9-13,16H2,1-2H3. The van der Waals surface area contributed by atoms with Crippen LogP contribution in [0.15, 0.2) is 41.2 Å². The zero-order valence-corrected chi connectivity index (χ0v) is 20.5. The number of nitrogens with zero attached hydrogens (tertiary/aromatic N) is 3. The number of carbonyl (C=O) groups is 2. The molecule has 0 radical (unpaired) electrons. The lowest BCUT2D eigenvalue weighted by molar-refractivity contribution is -0.133. The van der Waals surface area contributed by atoms with E-state index in [0.29, 0.717) is 34.4 Å². The molecule has 8 heteroatoms. The number of ketones is 1. The number of amides is 1. The summed E-state index contributed by atoms with van der Waals surface area (Å²) >= 11 is 7.50. The molecule has 0 N–H and O–H groups in total. The summed E-state index contributed by atoms with van der Waals surface area (Å²) in [5.74, 6) is -0.255. The first-order chi connectivity index (χ1) is 15.9. The highest BCUT2D eigenvalue weighted by molar-refractivity contribution is 7.16. The Bertz CT molecular complexity index is 1220. The first kappa shape index (κ1) is 23.7. The van der Waals surface area contributed by atoms with Gasteiger partial charge in [-0.25, -0.2) is 0 Å². The number of fused-ring (bicyclic) bond motifs is 1. The van der Waals surface area contributed by atoms with Gasteiger partial charge >= 0.3 is 4.87 Å². The van der Waals surface area contributed by atoms with Crippen molar-refractivity contribution in [3.05, 3.63) is 67.8 Å². The molecule has 4 rings (SSSR count). The third kappa shape index (κ3) is 5.21. The number of hydrogen-bond donors (Lipinski definition) is 0. The van der Waals surface area contributed by atoms with Crippen LogP contribution in [0.25, 0.3) is 10.2 Å². The number of unbranched alkanes of at least 4 members (excludes halogenated alkanes) is 1. The van der Waals surface area contributed by atoms with E-state index in [9.17, 15) is 14.4 Å². The summed E-state index contributed by atoms with van der Waals surface area (Å²) in [5, 5.41) is 0.275. The summed E-state index contributed by atoms with van der Waals surface area (Å²) in [6.07, 6.45) is 2.33. The molecule has 6 nitrogen and oxygen atoms in total. The first-order valence-corrected chi connectivity index (χ1v) is 12.5. The van der Waals surface area contributed by atoms with Gasteiger partial charge in [-0.1, -0.05) is 66.1 Å². The highest BCUT2D eigenvalue weighted by Gasteiger charge is 2.23. The van der Waals surface area contributed by atoms with E-state index >= 15 is 0 Å². The highest BCUT2D eigenvalue weighted by atomic mass is 35.5. The van der Waals surface area contributed by atoms with E-state index < -0.39 is 0 Å². The van der Waals surface area contributed by atoms with E-state index in [1.807, 2.05) is 24.0 Å². The van der Waals surface area contributed by atoms with Crippen LogP contribution in [0.4, 0.5) is 0 Å². The lowest BCUT2D eigenvalue weighted by Crippen LogP contribution is -2.49. The van der Waals surface area contributed by atoms with Gasteiger partial charge in [-0.15, -0.1) is 0 Å². The van der Waals surface area contributed by atoms with E-state index in [0.717, 1.165) is 43.0 Å². The Morgan fingerprint density at radius 1 is 1.06 bits per heavy atom. The Labute approximate surface area is 202 Å². The Morgan fingerprint density at radius 3 is 2.42 bits per heavy atom. The lowest BCUT2D eigenvalue weighted by Gasteiger charge is -2.34. The quantitative estimate of drug-likeness (QED) is 0.470. The molecule has 0 unspecified atom stereocenters. The minimum Gasteiger partial charge on any atom is -0.339 e. The second-order valence-corrected chi connectivity index (χ2v) is 9.93. The maximum atomic E-state index is 13.0. The Kier molecular flexibility index (Phi) is 7.32. The zero-order valence-electron chi connectivity index (χ0n) is 19.0. The van der Waals surface area contributed by atoms with Crippen molar-refractivity contribution in [2.75, 3.05) is 32.7 Å². The van der Waals surface area contributed by atoms with E-state index in [-0.39, 0.29) is 28.1 Å². The monoisotopic (exact) mass is 485 g/mol. The summed E-state index contributed by atoms with van der Waals surface area (Å²) in [5.41, 5.74) is 2.55. The predicted octanol–water partition coefficient (Wildman–Crippen LogP) is 4.20. The molecule has 1 saturated heterocycles. The average Bonchev–Trinajstić information content (AvgIpc) is 3.11. The molecule has 0 saturated carbocycles. The maximum Gasteiger partial charge on any atom is 0.308 e. The van der Waals surface area contributed by atoms with Crippen LogP contribution in [0.3, 0.4) is 0 Å². The molecule has 3 aromatic rings. The molecule has 0 bridgehead atoms. The average molecular weight is 486 g/mol. The van der Waals surface area contributed by atoms with Crippen LogP contribution in [-0.2, 0) is 11.3 Å². The van der Waals surface area contributed by atoms with Gasteiger partial charge in [0.1, 0.15) is 6.54 Å². The minimum atomic E-state index is -0.226. The van der Waals surface area contributed by atoms with Crippen LogP contribution in [0.1, 0.15) is 41.3 Å². The van der Waals surface area contributed by atoms with Crippen molar-refractivity contribution in [3.63, 3.8) is 0 Å². The number of rotatable bonds is 7. The Morgan fingerprint density at radius 2 is 1.76 bits per heavy atom. The van der Waals surface area contributed by atoms with Crippen molar-refractivity contribution in [2.45, 2.75) is 33.2 Å². The zero-order chi connectivity index (χ0) is 23.5. The molecule has 1 aromatic heterocycles. The van der Waals surface area contributed by atoms with Crippen molar-refractivity contribution in [1.82, 2.24) is 14.4 Å². The van der Waals surface area contributed by atoms with E-state index in [2.05, 4.69) is 11.8 Å². The third-order valence-electron chi connectivity index (χ3n) is 6.16. The Balaban J connectivity index is 1.52. The number of benzene rings is 2. The number of thiazole rings is 1. The van der Waals surface area contributed by atoms with Crippen molar-refractivity contribution >= 4 is 44.8 Å². The molecule has 174 valence electrons. The second kappa shape index (κ2) is 10.2. The number of aryl methyl sites for hydroxylation is 1. The number of halogens is 1. The van der Waals surface area contributed by atoms with E-state index in [1.54, 1.807) is 24.3 Å². The van der Waals surface area contributed by atoms with Crippen LogP contribution in [0, 0.1) is 6.92 Å². The summed E-state index contributed by atoms with van der Waals surface area (Å²) in [6, 6.07) is 10.6. The summed E-state index contributed by atoms with van der Waals surface area (Å²) in [4.78, 5) is 42.6. The SMILES string of the molecule is CCCCN1CCN(C(=O)Cn2c(=O)sc3cc(C(=O)c4ccc(C)cc4)c(Cl)cc32)CC1. The van der Waals surface area contributed by atoms with Crippen LogP contribution in [0.2, 0.25) is 5.02 Å². The van der Waals surface area contributed by atoms with Gasteiger partial charge in [-0.3, -0.25) is 23.9 Å². The van der Waals surface area contributed by atoms with E-state index in [1.165, 1.54) is 11.0 Å². The van der Waals surface area contributed by atoms with Gasteiger partial charge in [-0.05, 0) is 32.0 Å². The van der Waals surface area contributed by atoms with Crippen LogP contribution in [-0.4, -0.2) is 58.8 Å². The van der Waals surface area contributed by atoms with Gasteiger partial charge in [0.05, 0.1) is 15.2 Å². The Hall–Kier alpha value is -2.48. The molecule has 2 aromatic carbocycles. The van der Waals surface area contributed by atoms with Crippen LogP contribution >= 0.6 is 22.9 Å². The molecule has 0 spiro atoms. The maximum absolute atomic E-state index is 13.0. The minimum absolute atomic E-state index is 0.0185. The molecular weight excluding hydrogens is 458 g/mol.